The topological polar surface area (TPSA) is 84.5 Å². The van der Waals surface area contributed by atoms with Crippen molar-refractivity contribution in [2.75, 3.05) is 14.2 Å². The van der Waals surface area contributed by atoms with Crippen molar-refractivity contribution >= 4 is 57.4 Å². The quantitative estimate of drug-likeness (QED) is 0.466. The largest absolute Gasteiger partial charge is 0.493 e. The number of fused-ring (bicyclic) bond motifs is 1. The summed E-state index contributed by atoms with van der Waals surface area (Å²) in [5, 5.41) is 0. The van der Waals surface area contributed by atoms with Crippen LogP contribution in [0.25, 0.3) is 23.2 Å². The van der Waals surface area contributed by atoms with E-state index in [1.54, 1.807) is 44.6 Å². The third-order valence-electron chi connectivity index (χ3n) is 4.54. The van der Waals surface area contributed by atoms with Crippen molar-refractivity contribution in [3.05, 3.63) is 75.2 Å². The maximum atomic E-state index is 12.9. The molecular formula is C22H17N3O4S2. The number of carbonyl (C=O) groups is 1. The van der Waals surface area contributed by atoms with Gasteiger partial charge in [-0.2, -0.15) is 0 Å². The van der Waals surface area contributed by atoms with Gasteiger partial charge in [0.1, 0.15) is 5.69 Å². The van der Waals surface area contributed by atoms with Gasteiger partial charge in [0.05, 0.1) is 30.2 Å². The summed E-state index contributed by atoms with van der Waals surface area (Å²) in [5.74, 6) is 0.884. The number of hydrogen-bond acceptors (Lipinski definition) is 7. The molecular weight excluding hydrogens is 434 g/mol. The molecule has 156 valence electrons. The number of nitrogens with zero attached hydrogens (tertiary/aromatic N) is 2. The van der Waals surface area contributed by atoms with Gasteiger partial charge in [0.2, 0.25) is 0 Å². The summed E-state index contributed by atoms with van der Waals surface area (Å²) in [6, 6.07) is 12.6. The number of amides is 1. The van der Waals surface area contributed by atoms with E-state index in [2.05, 4.69) is 9.97 Å². The van der Waals surface area contributed by atoms with Crippen LogP contribution in [0.3, 0.4) is 0 Å². The monoisotopic (exact) mass is 451 g/mol. The number of carbonyl (C=O) groups excluding carboxylic acids is 1. The normalized spacial score (nSPS) is 15.4. The van der Waals surface area contributed by atoms with Crippen molar-refractivity contribution in [2.45, 2.75) is 0 Å². The molecule has 0 aliphatic carbocycles. The molecule has 1 saturated heterocycles. The minimum Gasteiger partial charge on any atom is -0.493 e. The second-order valence-corrected chi connectivity index (χ2v) is 8.13. The van der Waals surface area contributed by atoms with Gasteiger partial charge in [-0.1, -0.05) is 42.2 Å². The number of nitrogens with one attached hydrogen (secondary N) is 1. The molecule has 0 atom stereocenters. The standard InChI is InChI=1S/C22H17N3O4S2/c1-28-17-8-7-13(11-18(17)29-2)12-19-21(27)25(22(30)31-19)10-9-16-20(26)24-15-6-4-3-5-14(15)23-16/h3-12H,1-2H3,(H,24,26)/b10-9-,19-12+. The molecule has 1 amide bonds. The molecule has 0 saturated carbocycles. The Morgan fingerprint density at radius 1 is 1.10 bits per heavy atom. The molecule has 4 rings (SSSR count). The lowest BCUT2D eigenvalue weighted by Crippen LogP contribution is -2.22. The number of benzene rings is 2. The Bertz CT molecular complexity index is 1310. The van der Waals surface area contributed by atoms with E-state index in [1.165, 1.54) is 28.9 Å². The van der Waals surface area contributed by atoms with E-state index in [9.17, 15) is 9.59 Å². The molecule has 1 N–H and O–H groups in total. The van der Waals surface area contributed by atoms with Crippen molar-refractivity contribution < 1.29 is 14.3 Å². The number of rotatable bonds is 5. The lowest BCUT2D eigenvalue weighted by molar-refractivity contribution is -0.120. The van der Waals surface area contributed by atoms with Gasteiger partial charge in [0, 0.05) is 6.20 Å². The van der Waals surface area contributed by atoms with Crippen molar-refractivity contribution in [1.82, 2.24) is 14.9 Å². The SMILES string of the molecule is COc1ccc(/C=C2/SC(=S)N(/C=C\c3nc4ccccc4[nH]c3=O)C2=O)cc1OC. The molecule has 1 fully saturated rings. The van der Waals surface area contributed by atoms with E-state index in [4.69, 9.17) is 21.7 Å². The van der Waals surface area contributed by atoms with Gasteiger partial charge in [-0.3, -0.25) is 14.5 Å². The van der Waals surface area contributed by atoms with Crippen LogP contribution in [0.15, 0.2) is 58.4 Å². The maximum absolute atomic E-state index is 12.9. The fourth-order valence-corrected chi connectivity index (χ4v) is 4.23. The first-order valence-electron chi connectivity index (χ1n) is 9.16. The van der Waals surface area contributed by atoms with Crippen molar-refractivity contribution in [3.8, 4) is 11.5 Å². The first-order valence-corrected chi connectivity index (χ1v) is 10.4. The Morgan fingerprint density at radius 2 is 1.87 bits per heavy atom. The van der Waals surface area contributed by atoms with Crippen LogP contribution in [-0.4, -0.2) is 39.3 Å². The molecule has 0 bridgehead atoms. The fraction of sp³-hybridized carbons (Fsp3) is 0.0909. The number of thioether (sulfide) groups is 1. The summed E-state index contributed by atoms with van der Waals surface area (Å²) in [6.45, 7) is 0. The van der Waals surface area contributed by atoms with Crippen LogP contribution in [-0.2, 0) is 4.79 Å². The minimum absolute atomic E-state index is 0.191. The van der Waals surface area contributed by atoms with Crippen molar-refractivity contribution in [3.63, 3.8) is 0 Å². The van der Waals surface area contributed by atoms with Gasteiger partial charge in [-0.15, -0.1) is 0 Å². The van der Waals surface area contributed by atoms with Gasteiger partial charge >= 0.3 is 0 Å². The van der Waals surface area contributed by atoms with E-state index >= 15 is 0 Å². The van der Waals surface area contributed by atoms with Crippen LogP contribution in [0.1, 0.15) is 11.3 Å². The van der Waals surface area contributed by atoms with E-state index in [0.29, 0.717) is 31.8 Å². The highest BCUT2D eigenvalue weighted by Crippen LogP contribution is 2.35. The number of aromatic amines is 1. The minimum atomic E-state index is -0.346. The third kappa shape index (κ3) is 4.23. The molecule has 1 aliphatic heterocycles. The molecule has 0 radical (unpaired) electrons. The van der Waals surface area contributed by atoms with E-state index in [0.717, 1.165) is 5.56 Å². The highest BCUT2D eigenvalue weighted by Gasteiger charge is 2.30. The number of ether oxygens (including phenoxy) is 2. The van der Waals surface area contributed by atoms with Crippen LogP contribution < -0.4 is 15.0 Å². The van der Waals surface area contributed by atoms with Gasteiger partial charge in [-0.05, 0) is 42.0 Å². The number of thiocarbonyl (C=S) groups is 1. The van der Waals surface area contributed by atoms with Gasteiger partial charge in [0.25, 0.3) is 11.5 Å². The Hall–Kier alpha value is -3.43. The predicted octanol–water partition coefficient (Wildman–Crippen LogP) is 3.81. The first kappa shape index (κ1) is 20.8. The molecule has 9 heteroatoms. The molecule has 3 aromatic rings. The third-order valence-corrected chi connectivity index (χ3v) is 5.87. The molecule has 1 aliphatic rings. The fourth-order valence-electron chi connectivity index (χ4n) is 3.00. The average molecular weight is 452 g/mol. The predicted molar refractivity (Wildman–Crippen MR) is 126 cm³/mol. The van der Waals surface area contributed by atoms with Gasteiger partial charge < -0.3 is 14.5 Å². The Labute approximate surface area is 187 Å². The molecule has 31 heavy (non-hydrogen) atoms. The maximum Gasteiger partial charge on any atom is 0.274 e. The smallest absolute Gasteiger partial charge is 0.274 e. The second-order valence-electron chi connectivity index (χ2n) is 6.45. The Morgan fingerprint density at radius 3 is 2.65 bits per heavy atom. The number of hydrogen-bond donors (Lipinski definition) is 1. The van der Waals surface area contributed by atoms with E-state index in [1.807, 2.05) is 18.2 Å². The molecule has 2 heterocycles. The highest BCUT2D eigenvalue weighted by atomic mass is 32.2. The van der Waals surface area contributed by atoms with Gasteiger partial charge in [-0.25, -0.2) is 4.98 Å². The second kappa shape index (κ2) is 8.75. The number of aromatic nitrogens is 2. The summed E-state index contributed by atoms with van der Waals surface area (Å²) in [4.78, 5) is 34.0. The Kier molecular flexibility index (Phi) is 5.88. The lowest BCUT2D eigenvalue weighted by Gasteiger charge is -2.08. The van der Waals surface area contributed by atoms with E-state index < -0.39 is 0 Å². The van der Waals surface area contributed by atoms with Crippen LogP contribution in [0.2, 0.25) is 0 Å². The van der Waals surface area contributed by atoms with Crippen LogP contribution in [0, 0.1) is 0 Å². The van der Waals surface area contributed by atoms with Crippen LogP contribution >= 0.6 is 24.0 Å². The van der Waals surface area contributed by atoms with Crippen LogP contribution in [0.4, 0.5) is 0 Å². The molecule has 2 aromatic carbocycles. The summed E-state index contributed by atoms with van der Waals surface area (Å²) >= 11 is 6.53. The number of H-pyrrole nitrogens is 1. The van der Waals surface area contributed by atoms with Crippen molar-refractivity contribution in [1.29, 1.82) is 0 Å². The number of para-hydroxylation sites is 2. The van der Waals surface area contributed by atoms with E-state index in [-0.39, 0.29) is 17.2 Å². The molecule has 7 nitrogen and oxygen atoms in total. The lowest BCUT2D eigenvalue weighted by atomic mass is 10.2. The first-order chi connectivity index (χ1) is 15.0. The molecule has 0 spiro atoms. The highest BCUT2D eigenvalue weighted by molar-refractivity contribution is 8.26. The summed E-state index contributed by atoms with van der Waals surface area (Å²) in [5.41, 5.74) is 1.92. The summed E-state index contributed by atoms with van der Waals surface area (Å²) in [7, 11) is 3.11. The zero-order valence-electron chi connectivity index (χ0n) is 16.6. The zero-order valence-corrected chi connectivity index (χ0v) is 18.3. The van der Waals surface area contributed by atoms with Crippen molar-refractivity contribution in [2.24, 2.45) is 0 Å². The summed E-state index contributed by atoms with van der Waals surface area (Å²) < 4.78 is 10.9. The zero-order chi connectivity index (χ0) is 22.0. The molecule has 1 aromatic heterocycles. The van der Waals surface area contributed by atoms with Gasteiger partial charge in [0.15, 0.2) is 15.8 Å². The Balaban J connectivity index is 1.60. The summed E-state index contributed by atoms with van der Waals surface area (Å²) in [6.07, 6.45) is 4.69. The number of methoxy groups -OCH3 is 2. The van der Waals surface area contributed by atoms with Crippen LogP contribution in [0.5, 0.6) is 11.5 Å². The molecule has 0 unspecified atom stereocenters. The average Bonchev–Trinajstić information content (AvgIpc) is 3.04.